The van der Waals surface area contributed by atoms with Crippen LogP contribution in [0, 0.1) is 0 Å². The fraction of sp³-hybridized carbons (Fsp3) is 0.462. The van der Waals surface area contributed by atoms with E-state index in [-0.39, 0.29) is 6.07 Å². The van der Waals surface area contributed by atoms with E-state index in [0.717, 1.165) is 6.92 Å². The molecule has 0 aliphatic carbocycles. The Morgan fingerprint density at radius 1 is 0.917 bits per heavy atom. The van der Waals surface area contributed by atoms with Crippen LogP contribution in [0.3, 0.4) is 0 Å². The van der Waals surface area contributed by atoms with Crippen LogP contribution in [0.15, 0.2) is 18.2 Å². The Morgan fingerprint density at radius 2 is 1.33 bits per heavy atom. The number of carbonyl (C=O) groups excluding carboxylic acids is 1. The molecule has 1 amide bonds. The largest absolute Gasteiger partial charge is 0.471 e. The summed E-state index contributed by atoms with van der Waals surface area (Å²) in [4.78, 5) is 10.7. The molecule has 0 aromatic heterocycles. The van der Waals surface area contributed by atoms with Crippen LogP contribution < -0.4 is 5.32 Å². The van der Waals surface area contributed by atoms with E-state index in [1.807, 2.05) is 0 Å². The Morgan fingerprint density at radius 3 is 1.67 bits per heavy atom. The average molecular weight is 367 g/mol. The number of halogens is 9. The topological polar surface area (TPSA) is 29.1 Å². The number of amides is 1. The van der Waals surface area contributed by atoms with E-state index in [0.29, 0.717) is 12.1 Å². The molecule has 11 heteroatoms. The van der Waals surface area contributed by atoms with Crippen molar-refractivity contribution in [3.63, 3.8) is 0 Å². The van der Waals surface area contributed by atoms with Gasteiger partial charge in [-0.15, -0.1) is 0 Å². The highest BCUT2D eigenvalue weighted by atomic mass is 19.4. The third-order valence-electron chi connectivity index (χ3n) is 3.01. The maximum Gasteiger partial charge on any atom is 0.471 e. The fourth-order valence-electron chi connectivity index (χ4n) is 1.73. The fourth-order valence-corrected chi connectivity index (χ4v) is 1.73. The van der Waals surface area contributed by atoms with Crippen molar-refractivity contribution in [2.45, 2.75) is 31.4 Å². The third kappa shape index (κ3) is 5.31. The minimum atomic E-state index is -5.20. The molecule has 0 aliphatic rings. The Bertz CT molecular complexity index is 569. The van der Waals surface area contributed by atoms with Crippen LogP contribution in [0.2, 0.25) is 0 Å². The van der Waals surface area contributed by atoms with E-state index in [4.69, 9.17) is 0 Å². The van der Waals surface area contributed by atoms with Crippen LogP contribution in [-0.4, -0.2) is 18.6 Å². The van der Waals surface area contributed by atoms with Gasteiger partial charge in [0.25, 0.3) is 0 Å². The second-order valence-electron chi connectivity index (χ2n) is 4.95. The first kappa shape index (κ1) is 20.1. The second kappa shape index (κ2) is 6.52. The van der Waals surface area contributed by atoms with Gasteiger partial charge in [0, 0.05) is 6.54 Å². The highest BCUT2D eigenvalue weighted by Gasteiger charge is 2.39. The zero-order valence-corrected chi connectivity index (χ0v) is 11.8. The molecule has 1 N–H and O–H groups in total. The molecule has 1 aromatic rings. The predicted octanol–water partition coefficient (Wildman–Crippen LogP) is 4.51. The lowest BCUT2D eigenvalue weighted by Gasteiger charge is -2.18. The van der Waals surface area contributed by atoms with Crippen molar-refractivity contribution >= 4 is 5.91 Å². The number of nitrogens with one attached hydrogen (secondary N) is 1. The lowest BCUT2D eigenvalue weighted by molar-refractivity contribution is -0.173. The van der Waals surface area contributed by atoms with Gasteiger partial charge in [-0.25, -0.2) is 0 Å². The second-order valence-corrected chi connectivity index (χ2v) is 4.95. The highest BCUT2D eigenvalue weighted by Crippen LogP contribution is 2.37. The van der Waals surface area contributed by atoms with E-state index in [2.05, 4.69) is 0 Å². The minimum Gasteiger partial charge on any atom is -0.348 e. The first-order chi connectivity index (χ1) is 10.6. The van der Waals surface area contributed by atoms with Crippen molar-refractivity contribution in [3.05, 3.63) is 34.9 Å². The van der Waals surface area contributed by atoms with Crippen molar-refractivity contribution in [2.75, 3.05) is 6.54 Å². The SMILES string of the molecule is CC(CNC(=O)C(F)(F)F)c1cc(C(F)(F)F)cc(C(F)(F)F)c1. The lowest BCUT2D eigenvalue weighted by atomic mass is 9.95. The maximum atomic E-state index is 12.7. The zero-order valence-electron chi connectivity index (χ0n) is 11.8. The number of carbonyl (C=O) groups is 1. The van der Waals surface area contributed by atoms with E-state index < -0.39 is 53.6 Å². The van der Waals surface area contributed by atoms with Gasteiger partial charge in [0.15, 0.2) is 0 Å². The number of hydrogen-bond acceptors (Lipinski definition) is 1. The van der Waals surface area contributed by atoms with E-state index >= 15 is 0 Å². The molecule has 0 saturated carbocycles. The smallest absolute Gasteiger partial charge is 0.348 e. The summed E-state index contributed by atoms with van der Waals surface area (Å²) >= 11 is 0. The first-order valence-electron chi connectivity index (χ1n) is 6.26. The molecule has 1 aromatic carbocycles. The highest BCUT2D eigenvalue weighted by molar-refractivity contribution is 5.81. The Hall–Kier alpha value is -1.94. The summed E-state index contributed by atoms with van der Waals surface area (Å²) in [5.41, 5.74) is -3.66. The van der Waals surface area contributed by atoms with Gasteiger partial charge < -0.3 is 5.32 Å². The summed E-state index contributed by atoms with van der Waals surface area (Å²) in [5, 5.41) is 1.41. The van der Waals surface area contributed by atoms with E-state index in [1.54, 1.807) is 0 Å². The molecule has 2 nitrogen and oxygen atoms in total. The molecule has 0 bridgehead atoms. The monoisotopic (exact) mass is 367 g/mol. The number of rotatable bonds is 3. The van der Waals surface area contributed by atoms with Gasteiger partial charge in [0.2, 0.25) is 0 Å². The lowest BCUT2D eigenvalue weighted by Crippen LogP contribution is -2.38. The van der Waals surface area contributed by atoms with Gasteiger partial charge >= 0.3 is 24.4 Å². The predicted molar refractivity (Wildman–Crippen MR) is 63.9 cm³/mol. The summed E-state index contributed by atoms with van der Waals surface area (Å²) < 4.78 is 112. The standard InChI is InChI=1S/C13H10F9NO/c1-6(5-23-10(24)13(20,21)22)7-2-8(11(14,15)16)4-9(3-7)12(17,18)19/h2-4,6H,5H2,1H3,(H,23,24). The Balaban J connectivity index is 3.11. The van der Waals surface area contributed by atoms with Gasteiger partial charge in [-0.3, -0.25) is 4.79 Å². The van der Waals surface area contributed by atoms with E-state index in [9.17, 15) is 44.3 Å². The molecule has 1 rings (SSSR count). The van der Waals surface area contributed by atoms with Crippen molar-refractivity contribution in [1.29, 1.82) is 0 Å². The van der Waals surface area contributed by atoms with Crippen LogP contribution in [-0.2, 0) is 17.1 Å². The summed E-state index contributed by atoms with van der Waals surface area (Å²) in [6, 6.07) is 0.712. The molecule has 1 atom stereocenters. The van der Waals surface area contributed by atoms with Crippen LogP contribution in [0.1, 0.15) is 29.5 Å². The van der Waals surface area contributed by atoms with Crippen LogP contribution in [0.5, 0.6) is 0 Å². The molecule has 0 heterocycles. The number of benzene rings is 1. The van der Waals surface area contributed by atoms with Crippen molar-refractivity contribution in [2.24, 2.45) is 0 Å². The molecule has 0 aliphatic heterocycles. The minimum absolute atomic E-state index is 0.0927. The van der Waals surface area contributed by atoms with Crippen LogP contribution in [0.25, 0.3) is 0 Å². The van der Waals surface area contributed by atoms with Gasteiger partial charge in [0.05, 0.1) is 11.1 Å². The Labute approximate surface area is 129 Å². The molecule has 0 spiro atoms. The van der Waals surface area contributed by atoms with Crippen molar-refractivity contribution < 1.29 is 44.3 Å². The number of alkyl halides is 9. The maximum absolute atomic E-state index is 12.7. The molecular formula is C13H10F9NO. The number of hydrogen-bond donors (Lipinski definition) is 1. The molecule has 136 valence electrons. The van der Waals surface area contributed by atoms with Crippen molar-refractivity contribution in [1.82, 2.24) is 5.32 Å². The average Bonchev–Trinajstić information content (AvgIpc) is 2.40. The third-order valence-corrected chi connectivity index (χ3v) is 3.01. The summed E-state index contributed by atoms with van der Waals surface area (Å²) in [6.45, 7) is 0.309. The summed E-state index contributed by atoms with van der Waals surface area (Å²) in [7, 11) is 0. The normalized spacial score (nSPS) is 14.4. The van der Waals surface area contributed by atoms with Crippen LogP contribution in [0.4, 0.5) is 39.5 Å². The van der Waals surface area contributed by atoms with Gasteiger partial charge in [-0.1, -0.05) is 6.92 Å². The Kier molecular flexibility index (Phi) is 5.46. The van der Waals surface area contributed by atoms with E-state index in [1.165, 1.54) is 5.32 Å². The van der Waals surface area contributed by atoms with Gasteiger partial charge in [-0.2, -0.15) is 39.5 Å². The first-order valence-corrected chi connectivity index (χ1v) is 6.26. The van der Waals surface area contributed by atoms with Crippen molar-refractivity contribution in [3.8, 4) is 0 Å². The van der Waals surface area contributed by atoms with Gasteiger partial charge in [-0.05, 0) is 29.7 Å². The molecule has 0 saturated heterocycles. The summed E-state index contributed by atoms with van der Waals surface area (Å²) in [5.74, 6) is -3.54. The molecule has 1 unspecified atom stereocenters. The molecule has 24 heavy (non-hydrogen) atoms. The molecular weight excluding hydrogens is 357 g/mol. The quantitative estimate of drug-likeness (QED) is 0.783. The van der Waals surface area contributed by atoms with Crippen LogP contribution >= 0.6 is 0 Å². The molecule has 0 radical (unpaired) electrons. The molecule has 0 fully saturated rings. The zero-order chi connectivity index (χ0) is 18.9. The van der Waals surface area contributed by atoms with Gasteiger partial charge in [0.1, 0.15) is 0 Å². The summed E-state index contributed by atoms with van der Waals surface area (Å²) in [6.07, 6.45) is -15.3.